The third-order valence-electron chi connectivity index (χ3n) is 6.13. The predicted octanol–water partition coefficient (Wildman–Crippen LogP) is 2.34. The molecule has 2 aromatic rings. The molecule has 2 aliphatic rings. The number of hydrogen-bond acceptors (Lipinski definition) is 7. The first-order valence-electron chi connectivity index (χ1n) is 10.7. The molecule has 0 bridgehead atoms. The number of carbonyl (C=O) groups is 1. The van der Waals surface area contributed by atoms with E-state index in [4.69, 9.17) is 4.74 Å². The summed E-state index contributed by atoms with van der Waals surface area (Å²) in [6.45, 7) is 7.14. The fourth-order valence-electron chi connectivity index (χ4n) is 4.44. The van der Waals surface area contributed by atoms with Crippen LogP contribution in [0.5, 0.6) is 0 Å². The largest absolute Gasteiger partial charge is 0.371 e. The molecule has 4 rings (SSSR count). The lowest BCUT2D eigenvalue weighted by molar-refractivity contribution is -0.129. The molecule has 2 aromatic heterocycles. The van der Waals surface area contributed by atoms with Crippen LogP contribution in [-0.4, -0.2) is 56.7 Å². The maximum absolute atomic E-state index is 13.3. The summed E-state index contributed by atoms with van der Waals surface area (Å²) in [4.78, 5) is 32.9. The van der Waals surface area contributed by atoms with E-state index in [2.05, 4.69) is 32.2 Å². The second-order valence-electron chi connectivity index (χ2n) is 8.97. The van der Waals surface area contributed by atoms with Gasteiger partial charge in [0.05, 0.1) is 18.8 Å². The van der Waals surface area contributed by atoms with Gasteiger partial charge >= 0.3 is 0 Å². The average Bonchev–Trinajstić information content (AvgIpc) is 2.75. The molecule has 8 heteroatoms. The Balaban J connectivity index is 1.47. The van der Waals surface area contributed by atoms with Gasteiger partial charge in [-0.05, 0) is 51.2 Å². The van der Waals surface area contributed by atoms with Crippen molar-refractivity contribution in [1.82, 2.24) is 25.3 Å². The second kappa shape index (κ2) is 8.63. The molecule has 3 heterocycles. The minimum atomic E-state index is -0.453. The van der Waals surface area contributed by atoms with Crippen LogP contribution in [0.15, 0.2) is 36.9 Å². The molecule has 8 nitrogen and oxygen atoms in total. The van der Waals surface area contributed by atoms with Gasteiger partial charge in [-0.1, -0.05) is 6.92 Å². The zero-order chi connectivity index (χ0) is 21.1. The summed E-state index contributed by atoms with van der Waals surface area (Å²) in [5.41, 5.74) is -0.369. The first-order chi connectivity index (χ1) is 14.4. The molecule has 0 aromatic carbocycles. The van der Waals surface area contributed by atoms with Gasteiger partial charge in [0.1, 0.15) is 11.9 Å². The van der Waals surface area contributed by atoms with E-state index in [0.717, 1.165) is 25.1 Å². The Kier molecular flexibility index (Phi) is 5.94. The molecule has 1 saturated carbocycles. The number of aromatic nitrogens is 4. The van der Waals surface area contributed by atoms with E-state index < -0.39 is 6.04 Å². The molecule has 2 fully saturated rings. The first kappa shape index (κ1) is 20.7. The molecular weight excluding hydrogens is 380 g/mol. The van der Waals surface area contributed by atoms with Gasteiger partial charge in [0.25, 0.3) is 0 Å². The van der Waals surface area contributed by atoms with Crippen LogP contribution < -0.4 is 10.2 Å². The highest BCUT2D eigenvalue weighted by Crippen LogP contribution is 2.36. The molecule has 1 N–H and O–H groups in total. The van der Waals surface area contributed by atoms with E-state index in [9.17, 15) is 4.79 Å². The van der Waals surface area contributed by atoms with Crippen LogP contribution in [0.1, 0.15) is 51.8 Å². The number of rotatable bonds is 4. The summed E-state index contributed by atoms with van der Waals surface area (Å²) in [7, 11) is 0. The zero-order valence-electron chi connectivity index (χ0n) is 17.9. The molecule has 30 heavy (non-hydrogen) atoms. The van der Waals surface area contributed by atoms with E-state index >= 15 is 0 Å². The van der Waals surface area contributed by atoms with Crippen LogP contribution in [0.25, 0.3) is 0 Å². The van der Waals surface area contributed by atoms with Crippen LogP contribution >= 0.6 is 0 Å². The average molecular weight is 411 g/mol. The number of hydrogen-bond donors (Lipinski definition) is 1. The lowest BCUT2D eigenvalue weighted by atomic mass is 9.77. The molecule has 4 atom stereocenters. The van der Waals surface area contributed by atoms with Crippen molar-refractivity contribution in [1.29, 1.82) is 0 Å². The van der Waals surface area contributed by atoms with E-state index in [1.165, 1.54) is 0 Å². The number of ether oxygens (including phenoxy) is 1. The van der Waals surface area contributed by atoms with E-state index in [0.29, 0.717) is 25.0 Å². The Morgan fingerprint density at radius 1 is 1.10 bits per heavy atom. The number of anilines is 1. The summed E-state index contributed by atoms with van der Waals surface area (Å²) in [5, 5.41) is 3.26. The number of nitrogens with one attached hydrogen (secondary N) is 1. The highest BCUT2D eigenvalue weighted by Gasteiger charge is 2.40. The SMILES string of the molecule is CC1CCC(NC(=O)C2COC(C)(C)CN2c2ncccn2)CC1c1ncccn1. The van der Waals surface area contributed by atoms with Gasteiger partial charge in [-0.25, -0.2) is 19.9 Å². The maximum Gasteiger partial charge on any atom is 0.245 e. The Bertz CT molecular complexity index is 847. The van der Waals surface area contributed by atoms with Gasteiger partial charge in [0.15, 0.2) is 0 Å². The van der Waals surface area contributed by atoms with Crippen molar-refractivity contribution < 1.29 is 9.53 Å². The van der Waals surface area contributed by atoms with Gasteiger partial charge < -0.3 is 15.0 Å². The van der Waals surface area contributed by atoms with Gasteiger partial charge in [0.2, 0.25) is 11.9 Å². The molecule has 1 aliphatic heterocycles. The summed E-state index contributed by atoms with van der Waals surface area (Å²) in [5.74, 6) is 2.13. The maximum atomic E-state index is 13.3. The summed E-state index contributed by atoms with van der Waals surface area (Å²) in [6.07, 6.45) is 9.81. The minimum Gasteiger partial charge on any atom is -0.371 e. The van der Waals surface area contributed by atoms with Crippen LogP contribution in [0.2, 0.25) is 0 Å². The Hall–Kier alpha value is -2.61. The molecule has 1 aliphatic carbocycles. The number of amides is 1. The van der Waals surface area contributed by atoms with Crippen molar-refractivity contribution >= 4 is 11.9 Å². The minimum absolute atomic E-state index is 0.0368. The molecule has 1 amide bonds. The van der Waals surface area contributed by atoms with E-state index in [-0.39, 0.29) is 23.5 Å². The Morgan fingerprint density at radius 2 is 1.77 bits per heavy atom. The summed E-state index contributed by atoms with van der Waals surface area (Å²) >= 11 is 0. The molecule has 0 radical (unpaired) electrons. The van der Waals surface area contributed by atoms with E-state index in [1.54, 1.807) is 30.9 Å². The second-order valence-corrected chi connectivity index (χ2v) is 8.97. The third-order valence-corrected chi connectivity index (χ3v) is 6.13. The van der Waals surface area contributed by atoms with Gasteiger partial charge in [-0.3, -0.25) is 4.79 Å². The fraction of sp³-hybridized carbons (Fsp3) is 0.591. The zero-order valence-corrected chi connectivity index (χ0v) is 17.9. The van der Waals surface area contributed by atoms with Crippen LogP contribution in [-0.2, 0) is 9.53 Å². The normalized spacial score (nSPS) is 28.7. The first-order valence-corrected chi connectivity index (χ1v) is 10.7. The summed E-state index contributed by atoms with van der Waals surface area (Å²) in [6, 6.07) is 3.25. The highest BCUT2D eigenvalue weighted by atomic mass is 16.5. The van der Waals surface area contributed by atoms with Gasteiger partial charge in [0, 0.05) is 36.7 Å². The number of morpholine rings is 1. The number of nitrogens with zero attached hydrogens (tertiary/aromatic N) is 5. The third kappa shape index (κ3) is 4.59. The predicted molar refractivity (Wildman–Crippen MR) is 113 cm³/mol. The van der Waals surface area contributed by atoms with Crippen molar-refractivity contribution in [3.05, 3.63) is 42.7 Å². The Labute approximate surface area is 177 Å². The molecule has 160 valence electrons. The topological polar surface area (TPSA) is 93.1 Å². The van der Waals surface area contributed by atoms with Crippen molar-refractivity contribution in [2.45, 2.75) is 63.6 Å². The number of carbonyl (C=O) groups excluding carboxylic acids is 1. The monoisotopic (exact) mass is 410 g/mol. The molecule has 4 unspecified atom stereocenters. The standard InChI is InChI=1S/C22H30N6O2/c1-15-6-7-16(12-17(15)19-23-8-4-9-24-19)27-20(29)18-13-30-22(2,3)14-28(18)21-25-10-5-11-26-21/h4-5,8-11,15-18H,6-7,12-14H2,1-3H3,(H,27,29). The van der Waals surface area contributed by atoms with Gasteiger partial charge in [-0.15, -0.1) is 0 Å². The highest BCUT2D eigenvalue weighted by molar-refractivity contribution is 5.85. The molecule has 0 spiro atoms. The van der Waals surface area contributed by atoms with Crippen LogP contribution in [0.4, 0.5) is 5.95 Å². The lowest BCUT2D eigenvalue weighted by Crippen LogP contribution is -2.61. The van der Waals surface area contributed by atoms with Crippen molar-refractivity contribution in [2.75, 3.05) is 18.1 Å². The van der Waals surface area contributed by atoms with Gasteiger partial charge in [-0.2, -0.15) is 0 Å². The van der Waals surface area contributed by atoms with Crippen LogP contribution in [0.3, 0.4) is 0 Å². The quantitative estimate of drug-likeness (QED) is 0.827. The smallest absolute Gasteiger partial charge is 0.245 e. The Morgan fingerprint density at radius 3 is 2.47 bits per heavy atom. The van der Waals surface area contributed by atoms with Crippen molar-refractivity contribution in [2.24, 2.45) is 5.92 Å². The molecular formula is C22H30N6O2. The van der Waals surface area contributed by atoms with Crippen LogP contribution in [0, 0.1) is 5.92 Å². The van der Waals surface area contributed by atoms with E-state index in [1.807, 2.05) is 24.8 Å². The fourth-order valence-corrected chi connectivity index (χ4v) is 4.44. The van der Waals surface area contributed by atoms with Crippen molar-refractivity contribution in [3.8, 4) is 0 Å². The lowest BCUT2D eigenvalue weighted by Gasteiger charge is -2.43. The van der Waals surface area contributed by atoms with Crippen molar-refractivity contribution in [3.63, 3.8) is 0 Å². The molecule has 1 saturated heterocycles. The summed E-state index contributed by atoms with van der Waals surface area (Å²) < 4.78 is 5.97.